The molecule has 0 bridgehead atoms. The molecule has 124 valence electrons. The number of Topliss-reactive ketones (excluding diaryl/α,β-unsaturated/α-hetero) is 1. The van der Waals surface area contributed by atoms with Crippen molar-refractivity contribution >= 4 is 5.78 Å². The maximum atomic E-state index is 12.1. The molecule has 1 N–H and O–H groups in total. The Morgan fingerprint density at radius 2 is 1.77 bits per heavy atom. The number of ketones is 1. The fourth-order valence-corrected chi connectivity index (χ4v) is 7.45. The van der Waals surface area contributed by atoms with Crippen molar-refractivity contribution in [3.8, 4) is 0 Å². The minimum Gasteiger partial charge on any atom is -0.393 e. The molecule has 0 heterocycles. The lowest BCUT2D eigenvalue weighted by Gasteiger charge is -2.62. The van der Waals surface area contributed by atoms with E-state index in [0.717, 1.165) is 37.0 Å². The molecule has 22 heavy (non-hydrogen) atoms. The van der Waals surface area contributed by atoms with Crippen LogP contribution in [0.15, 0.2) is 0 Å². The molecular weight excluding hydrogens is 271 g/mol. The van der Waals surface area contributed by atoms with Crippen LogP contribution in [-0.2, 0) is 4.79 Å². The van der Waals surface area contributed by atoms with Gasteiger partial charge in [-0.3, -0.25) is 4.79 Å². The van der Waals surface area contributed by atoms with Gasteiger partial charge in [-0.2, -0.15) is 0 Å². The number of hydrogen-bond donors (Lipinski definition) is 1. The zero-order valence-corrected chi connectivity index (χ0v) is 14.5. The topological polar surface area (TPSA) is 37.3 Å². The highest BCUT2D eigenvalue weighted by atomic mass is 16.3. The molecule has 0 radical (unpaired) electrons. The van der Waals surface area contributed by atoms with Gasteiger partial charge in [-0.1, -0.05) is 20.8 Å². The Hall–Kier alpha value is -0.370. The van der Waals surface area contributed by atoms with Gasteiger partial charge in [0.15, 0.2) is 0 Å². The third-order valence-electron chi connectivity index (χ3n) is 8.98. The Kier molecular flexibility index (Phi) is 3.32. The van der Waals surface area contributed by atoms with Gasteiger partial charge in [-0.25, -0.2) is 0 Å². The minimum absolute atomic E-state index is 0.0747. The van der Waals surface area contributed by atoms with Crippen LogP contribution in [0.3, 0.4) is 0 Å². The number of carbonyl (C=O) groups is 1. The van der Waals surface area contributed by atoms with Gasteiger partial charge in [0.05, 0.1) is 6.10 Å². The fraction of sp³-hybridized carbons (Fsp3) is 0.950. The van der Waals surface area contributed by atoms with E-state index >= 15 is 0 Å². The van der Waals surface area contributed by atoms with E-state index in [-0.39, 0.29) is 11.5 Å². The molecule has 0 aromatic carbocycles. The third-order valence-corrected chi connectivity index (χ3v) is 8.98. The first kappa shape index (κ1) is 15.2. The molecule has 2 heteroatoms. The Morgan fingerprint density at radius 3 is 2.55 bits per heavy atom. The molecule has 0 saturated heterocycles. The molecule has 4 aliphatic carbocycles. The van der Waals surface area contributed by atoms with E-state index < -0.39 is 0 Å². The van der Waals surface area contributed by atoms with Gasteiger partial charge in [-0.15, -0.1) is 0 Å². The van der Waals surface area contributed by atoms with Crippen LogP contribution >= 0.6 is 0 Å². The maximum absolute atomic E-state index is 12.1. The summed E-state index contributed by atoms with van der Waals surface area (Å²) in [6.07, 6.45) is 8.84. The van der Waals surface area contributed by atoms with Crippen LogP contribution in [-0.4, -0.2) is 17.0 Å². The molecule has 2 nitrogen and oxygen atoms in total. The second-order valence-corrected chi connectivity index (χ2v) is 9.50. The largest absolute Gasteiger partial charge is 0.393 e. The summed E-state index contributed by atoms with van der Waals surface area (Å²) >= 11 is 0. The van der Waals surface area contributed by atoms with E-state index in [0.29, 0.717) is 23.0 Å². The average molecular weight is 303 g/mol. The summed E-state index contributed by atoms with van der Waals surface area (Å²) in [5.41, 5.74) is 0.545. The second kappa shape index (κ2) is 4.82. The normalized spacial score (nSPS) is 57.9. The molecule has 8 atom stereocenters. The van der Waals surface area contributed by atoms with E-state index in [2.05, 4.69) is 20.8 Å². The van der Waals surface area contributed by atoms with Crippen molar-refractivity contribution in [3.05, 3.63) is 0 Å². The Balaban J connectivity index is 1.67. The van der Waals surface area contributed by atoms with Crippen molar-refractivity contribution in [2.24, 2.45) is 40.4 Å². The summed E-state index contributed by atoms with van der Waals surface area (Å²) in [5, 5.41) is 10.5. The van der Waals surface area contributed by atoms with Crippen molar-refractivity contribution in [3.63, 3.8) is 0 Å². The first-order chi connectivity index (χ1) is 10.4. The number of fused-ring (bicyclic) bond motifs is 5. The highest BCUT2D eigenvalue weighted by Crippen LogP contribution is 2.66. The summed E-state index contributed by atoms with van der Waals surface area (Å²) in [5.74, 6) is 3.99. The van der Waals surface area contributed by atoms with E-state index in [4.69, 9.17) is 0 Å². The molecule has 4 saturated carbocycles. The zero-order valence-electron chi connectivity index (χ0n) is 14.5. The average Bonchev–Trinajstić information content (AvgIpc) is 2.77. The van der Waals surface area contributed by atoms with Gasteiger partial charge < -0.3 is 5.11 Å². The zero-order chi connectivity index (χ0) is 15.7. The number of hydrogen-bond acceptors (Lipinski definition) is 2. The Morgan fingerprint density at radius 1 is 1.00 bits per heavy atom. The maximum Gasteiger partial charge on any atom is 0.133 e. The lowest BCUT2D eigenvalue weighted by Crippen LogP contribution is -2.56. The summed E-state index contributed by atoms with van der Waals surface area (Å²) in [4.78, 5) is 12.1. The van der Waals surface area contributed by atoms with E-state index in [1.807, 2.05) is 0 Å². The Bertz CT molecular complexity index is 486. The van der Waals surface area contributed by atoms with Crippen molar-refractivity contribution in [1.29, 1.82) is 0 Å². The first-order valence-electron chi connectivity index (χ1n) is 9.57. The first-order valence-corrected chi connectivity index (χ1v) is 9.57. The second-order valence-electron chi connectivity index (χ2n) is 9.50. The van der Waals surface area contributed by atoms with Gasteiger partial charge in [0, 0.05) is 12.8 Å². The molecule has 0 spiro atoms. The van der Waals surface area contributed by atoms with E-state index in [1.54, 1.807) is 0 Å². The number of rotatable bonds is 0. The van der Waals surface area contributed by atoms with Crippen molar-refractivity contribution in [1.82, 2.24) is 0 Å². The predicted molar refractivity (Wildman–Crippen MR) is 87.3 cm³/mol. The van der Waals surface area contributed by atoms with Gasteiger partial charge >= 0.3 is 0 Å². The third kappa shape index (κ3) is 1.79. The van der Waals surface area contributed by atoms with Crippen LogP contribution in [0, 0.1) is 40.4 Å². The van der Waals surface area contributed by atoms with Crippen LogP contribution < -0.4 is 0 Å². The molecule has 4 aliphatic rings. The van der Waals surface area contributed by atoms with Gasteiger partial charge in [0.2, 0.25) is 0 Å². The van der Waals surface area contributed by atoms with Crippen LogP contribution in [0.4, 0.5) is 0 Å². The lowest BCUT2D eigenvalue weighted by molar-refractivity contribution is -0.154. The van der Waals surface area contributed by atoms with Crippen LogP contribution in [0.1, 0.15) is 72.1 Å². The molecule has 0 aromatic heterocycles. The smallest absolute Gasteiger partial charge is 0.133 e. The van der Waals surface area contributed by atoms with Gasteiger partial charge in [-0.05, 0) is 78.9 Å². The van der Waals surface area contributed by atoms with E-state index in [9.17, 15) is 9.90 Å². The SMILES string of the molecule is C[C@@]12C3CC[C@@]4(C)C(CC[C@@H]4O)C3CC[C@H]1CC(=O)C[C@@H]2[11CH3]. The minimum atomic E-state index is -0.0747. The number of carbonyl (C=O) groups excluding carboxylic acids is 1. The molecule has 4 rings (SSSR count). The summed E-state index contributed by atoms with van der Waals surface area (Å²) in [6, 6.07) is 0. The molecule has 0 aliphatic heterocycles. The molecule has 0 aromatic rings. The van der Waals surface area contributed by atoms with Crippen molar-refractivity contribution in [2.75, 3.05) is 0 Å². The standard InChI is InChI=1S/C20H32O2/c1-12-10-14(21)11-13-4-5-15-16-6-7-18(22)19(16,2)9-8-17(15)20(12,13)3/h12-13,15-18,22H,4-11H2,1-3H3/t12-,13-,15?,16?,17?,18-,19-,20-/m0/s1/i1-1. The summed E-state index contributed by atoms with van der Waals surface area (Å²) < 4.78 is 0. The van der Waals surface area contributed by atoms with Crippen LogP contribution in [0.2, 0.25) is 0 Å². The van der Waals surface area contributed by atoms with Crippen LogP contribution in [0.25, 0.3) is 0 Å². The van der Waals surface area contributed by atoms with Crippen molar-refractivity contribution < 1.29 is 9.90 Å². The van der Waals surface area contributed by atoms with Crippen LogP contribution in [0.5, 0.6) is 0 Å². The quantitative estimate of drug-likeness (QED) is 0.728. The van der Waals surface area contributed by atoms with E-state index in [1.165, 1.54) is 32.1 Å². The molecule has 4 fully saturated rings. The lowest BCUT2D eigenvalue weighted by atomic mass is 9.41. The number of aliphatic hydroxyl groups is 1. The van der Waals surface area contributed by atoms with Crippen molar-refractivity contribution in [2.45, 2.75) is 78.2 Å². The summed E-state index contributed by atoms with van der Waals surface area (Å²) in [6.45, 7) is 7.21. The molecule has 3 unspecified atom stereocenters. The highest BCUT2D eigenvalue weighted by Gasteiger charge is 2.61. The number of aliphatic hydroxyl groups excluding tert-OH is 1. The van der Waals surface area contributed by atoms with Gasteiger partial charge in [0.1, 0.15) is 5.78 Å². The predicted octanol–water partition coefficient (Wildman–Crippen LogP) is 4.21. The Labute approximate surface area is 135 Å². The highest BCUT2D eigenvalue weighted by molar-refractivity contribution is 5.80. The molecule has 0 amide bonds. The monoisotopic (exact) mass is 303 g/mol. The molecular formula is C20H32O2. The fourth-order valence-electron chi connectivity index (χ4n) is 7.45. The summed E-state index contributed by atoms with van der Waals surface area (Å²) in [7, 11) is 0. The van der Waals surface area contributed by atoms with Gasteiger partial charge in [0.25, 0.3) is 0 Å².